The molecule has 2 aliphatic rings. The predicted octanol–water partition coefficient (Wildman–Crippen LogP) is 2.06. The van der Waals surface area contributed by atoms with E-state index in [0.29, 0.717) is 18.7 Å². The van der Waals surface area contributed by atoms with Crippen LogP contribution in [0.25, 0.3) is 0 Å². The fourth-order valence-corrected chi connectivity index (χ4v) is 4.14. The summed E-state index contributed by atoms with van der Waals surface area (Å²) in [6.45, 7) is 4.40. The molecule has 1 aromatic carbocycles. The lowest BCUT2D eigenvalue weighted by Crippen LogP contribution is -2.39. The van der Waals surface area contributed by atoms with Crippen molar-refractivity contribution in [2.45, 2.75) is 39.0 Å². The number of likely N-dealkylation sites (N-methyl/N-ethyl adjacent to an activating group) is 1. The molecule has 4 rings (SSSR count). The zero-order valence-corrected chi connectivity index (χ0v) is 16.1. The zero-order valence-electron chi connectivity index (χ0n) is 16.1. The Morgan fingerprint density at radius 1 is 1.19 bits per heavy atom. The van der Waals surface area contributed by atoms with Crippen molar-refractivity contribution in [3.05, 3.63) is 46.8 Å². The molecule has 0 saturated heterocycles. The summed E-state index contributed by atoms with van der Waals surface area (Å²) < 4.78 is 7.62. The van der Waals surface area contributed by atoms with Crippen molar-refractivity contribution in [2.75, 3.05) is 18.5 Å². The first-order chi connectivity index (χ1) is 12.9. The van der Waals surface area contributed by atoms with Gasteiger partial charge in [-0.3, -0.25) is 14.3 Å². The molecule has 0 spiro atoms. The number of carbonyl (C=O) groups excluding carboxylic acids is 2. The van der Waals surface area contributed by atoms with Gasteiger partial charge in [0, 0.05) is 38.3 Å². The fraction of sp³-hybridized carbons (Fsp3) is 0.450. The van der Waals surface area contributed by atoms with E-state index in [1.165, 1.54) is 0 Å². The summed E-state index contributed by atoms with van der Waals surface area (Å²) in [5, 5.41) is 4.50. The van der Waals surface area contributed by atoms with Crippen molar-refractivity contribution in [1.82, 2.24) is 14.7 Å². The molecule has 0 N–H and O–H groups in total. The smallest absolute Gasteiger partial charge is 0.275 e. The van der Waals surface area contributed by atoms with E-state index in [1.54, 1.807) is 21.5 Å². The second kappa shape index (κ2) is 6.49. The lowest BCUT2D eigenvalue weighted by Gasteiger charge is -2.27. The molecule has 2 aliphatic heterocycles. The molecule has 2 aromatic rings. The molecule has 0 radical (unpaired) electrons. The molecule has 0 unspecified atom stereocenters. The van der Waals surface area contributed by atoms with Gasteiger partial charge in [-0.2, -0.15) is 5.10 Å². The van der Waals surface area contributed by atoms with Crippen LogP contribution < -0.4 is 4.90 Å². The van der Waals surface area contributed by atoms with Crippen LogP contribution in [0.15, 0.2) is 24.3 Å². The van der Waals surface area contributed by atoms with Gasteiger partial charge in [-0.25, -0.2) is 0 Å². The minimum absolute atomic E-state index is 0.0286. The standard InChI is InChI=1S/C20H24N4O3/c1-12-9-15-18(21-23(4)19(15)13(2)27-12)20(26)24-10-14-7-5-6-8-16(14)22(3)17(25)11-24/h5-8,12-13H,9-11H2,1-4H3/t12-,13+/m1/s1. The Morgan fingerprint density at radius 3 is 2.70 bits per heavy atom. The highest BCUT2D eigenvalue weighted by Crippen LogP contribution is 2.33. The van der Waals surface area contributed by atoms with Crippen molar-refractivity contribution in [1.29, 1.82) is 0 Å². The van der Waals surface area contributed by atoms with Crippen LogP contribution in [-0.4, -0.2) is 46.2 Å². The van der Waals surface area contributed by atoms with Crippen molar-refractivity contribution in [3.63, 3.8) is 0 Å². The number of nitrogens with zero attached hydrogens (tertiary/aromatic N) is 4. The second-order valence-corrected chi connectivity index (χ2v) is 7.37. The molecule has 7 nitrogen and oxygen atoms in total. The first-order valence-electron chi connectivity index (χ1n) is 9.21. The molecule has 27 heavy (non-hydrogen) atoms. The molecule has 0 aliphatic carbocycles. The molecule has 0 fully saturated rings. The number of fused-ring (bicyclic) bond motifs is 2. The highest BCUT2D eigenvalue weighted by molar-refractivity contribution is 6.01. The van der Waals surface area contributed by atoms with Gasteiger partial charge in [0.15, 0.2) is 5.69 Å². The molecule has 7 heteroatoms. The van der Waals surface area contributed by atoms with E-state index >= 15 is 0 Å². The summed E-state index contributed by atoms with van der Waals surface area (Å²) in [5.74, 6) is -0.310. The van der Waals surface area contributed by atoms with Gasteiger partial charge in [-0.05, 0) is 25.5 Å². The van der Waals surface area contributed by atoms with Gasteiger partial charge < -0.3 is 14.5 Å². The number of ether oxygens (including phenoxy) is 1. The minimum Gasteiger partial charge on any atom is -0.369 e. The molecule has 142 valence electrons. The number of aromatic nitrogens is 2. The number of benzene rings is 1. The number of rotatable bonds is 1. The Hall–Kier alpha value is -2.67. The number of aryl methyl sites for hydroxylation is 1. The summed E-state index contributed by atoms with van der Waals surface area (Å²) in [7, 11) is 3.58. The third-order valence-electron chi connectivity index (χ3n) is 5.41. The van der Waals surface area contributed by atoms with Crippen LogP contribution in [0.1, 0.15) is 47.3 Å². The summed E-state index contributed by atoms with van der Waals surface area (Å²) in [6.07, 6.45) is 0.564. The number of amides is 2. The topological polar surface area (TPSA) is 67.7 Å². The quantitative estimate of drug-likeness (QED) is 0.773. The molecular formula is C20H24N4O3. The number of anilines is 1. The average Bonchev–Trinajstić information content (AvgIpc) is 2.90. The van der Waals surface area contributed by atoms with Crippen molar-refractivity contribution in [2.24, 2.45) is 7.05 Å². The SMILES string of the molecule is C[C@@H]1Cc2c(C(=O)N3CC(=O)N(C)c4ccccc4C3)nn(C)c2[C@H](C)O1. The van der Waals surface area contributed by atoms with Gasteiger partial charge in [0.05, 0.1) is 17.9 Å². The fourth-order valence-electron chi connectivity index (χ4n) is 4.14. The molecular weight excluding hydrogens is 344 g/mol. The summed E-state index contributed by atoms with van der Waals surface area (Å²) in [5.41, 5.74) is 4.11. The van der Waals surface area contributed by atoms with E-state index < -0.39 is 0 Å². The Labute approximate surface area is 158 Å². The van der Waals surface area contributed by atoms with Crippen LogP contribution in [0.3, 0.4) is 0 Å². The van der Waals surface area contributed by atoms with E-state index in [-0.39, 0.29) is 30.6 Å². The van der Waals surface area contributed by atoms with Gasteiger partial charge >= 0.3 is 0 Å². The Kier molecular flexibility index (Phi) is 4.26. The predicted molar refractivity (Wildman–Crippen MR) is 100 cm³/mol. The first kappa shape index (κ1) is 17.7. The van der Waals surface area contributed by atoms with Crippen molar-refractivity contribution in [3.8, 4) is 0 Å². The van der Waals surface area contributed by atoms with Crippen LogP contribution in [-0.2, 0) is 29.5 Å². The Bertz CT molecular complexity index is 920. The maximum absolute atomic E-state index is 13.4. The molecule has 2 atom stereocenters. The number of carbonyl (C=O) groups is 2. The third kappa shape index (κ3) is 2.92. The molecule has 1 aromatic heterocycles. The maximum atomic E-state index is 13.4. The maximum Gasteiger partial charge on any atom is 0.275 e. The largest absolute Gasteiger partial charge is 0.369 e. The number of hydrogen-bond acceptors (Lipinski definition) is 4. The van der Waals surface area contributed by atoms with E-state index in [1.807, 2.05) is 45.2 Å². The number of hydrogen-bond donors (Lipinski definition) is 0. The van der Waals surface area contributed by atoms with Crippen LogP contribution in [0.5, 0.6) is 0 Å². The summed E-state index contributed by atoms with van der Waals surface area (Å²) in [6, 6.07) is 7.69. The van der Waals surface area contributed by atoms with E-state index in [0.717, 1.165) is 22.5 Å². The van der Waals surface area contributed by atoms with Gasteiger partial charge in [0.25, 0.3) is 5.91 Å². The van der Waals surface area contributed by atoms with Crippen LogP contribution >= 0.6 is 0 Å². The Morgan fingerprint density at radius 2 is 1.93 bits per heavy atom. The lowest BCUT2D eigenvalue weighted by atomic mass is 9.99. The summed E-state index contributed by atoms with van der Waals surface area (Å²) in [4.78, 5) is 29.2. The van der Waals surface area contributed by atoms with Crippen LogP contribution in [0.2, 0.25) is 0 Å². The molecule has 2 amide bonds. The highest BCUT2D eigenvalue weighted by atomic mass is 16.5. The van der Waals surface area contributed by atoms with Gasteiger partial charge in [0.1, 0.15) is 6.54 Å². The first-order valence-corrected chi connectivity index (χ1v) is 9.21. The highest BCUT2D eigenvalue weighted by Gasteiger charge is 2.35. The lowest BCUT2D eigenvalue weighted by molar-refractivity contribution is -0.118. The van der Waals surface area contributed by atoms with E-state index in [9.17, 15) is 9.59 Å². The van der Waals surface area contributed by atoms with E-state index in [2.05, 4.69) is 5.10 Å². The summed E-state index contributed by atoms with van der Waals surface area (Å²) >= 11 is 0. The van der Waals surface area contributed by atoms with Crippen LogP contribution in [0, 0.1) is 0 Å². The Balaban J connectivity index is 1.72. The van der Waals surface area contributed by atoms with E-state index in [4.69, 9.17) is 4.74 Å². The number of para-hydroxylation sites is 1. The van der Waals surface area contributed by atoms with Crippen LogP contribution in [0.4, 0.5) is 5.69 Å². The second-order valence-electron chi connectivity index (χ2n) is 7.37. The molecule has 0 saturated carbocycles. The molecule has 0 bridgehead atoms. The van der Waals surface area contributed by atoms with Crippen molar-refractivity contribution < 1.29 is 14.3 Å². The monoisotopic (exact) mass is 368 g/mol. The van der Waals surface area contributed by atoms with Gasteiger partial charge in [-0.1, -0.05) is 18.2 Å². The average molecular weight is 368 g/mol. The third-order valence-corrected chi connectivity index (χ3v) is 5.41. The molecule has 3 heterocycles. The normalized spacial score (nSPS) is 22.3. The van der Waals surface area contributed by atoms with Gasteiger partial charge in [0.2, 0.25) is 5.91 Å². The van der Waals surface area contributed by atoms with Gasteiger partial charge in [-0.15, -0.1) is 0 Å². The zero-order chi connectivity index (χ0) is 19.3. The van der Waals surface area contributed by atoms with Crippen molar-refractivity contribution >= 4 is 17.5 Å². The minimum atomic E-state index is -0.202.